The molecule has 1 N–H and O–H groups in total. The lowest BCUT2D eigenvalue weighted by Crippen LogP contribution is -2.19. The van der Waals surface area contributed by atoms with Crippen molar-refractivity contribution in [3.63, 3.8) is 0 Å². The summed E-state index contributed by atoms with van der Waals surface area (Å²) in [7, 11) is 0. The first-order valence-corrected chi connectivity index (χ1v) is 9.14. The standard InChI is InChI=1S/C23H19N3O2/c1-2-26-20-15-9-8-14-19(20)24-23(26)25-22(28)18-13-7-6-12-17(18)21(27)16-10-4-3-5-11-16/h3-15H,2H2,1H3,(H,24,25,28). The highest BCUT2D eigenvalue weighted by atomic mass is 16.2. The van der Waals surface area contributed by atoms with E-state index in [1.165, 1.54) is 0 Å². The Bertz CT molecular complexity index is 1160. The van der Waals surface area contributed by atoms with Crippen molar-refractivity contribution in [2.45, 2.75) is 13.5 Å². The molecule has 0 bridgehead atoms. The largest absolute Gasteiger partial charge is 0.310 e. The van der Waals surface area contributed by atoms with Crippen LogP contribution in [-0.4, -0.2) is 21.2 Å². The van der Waals surface area contributed by atoms with Crippen LogP contribution < -0.4 is 5.32 Å². The lowest BCUT2D eigenvalue weighted by atomic mass is 9.98. The first-order valence-electron chi connectivity index (χ1n) is 9.14. The van der Waals surface area contributed by atoms with E-state index in [-0.39, 0.29) is 11.7 Å². The molecule has 0 spiro atoms. The number of nitrogens with zero attached hydrogens (tertiary/aromatic N) is 2. The number of rotatable bonds is 5. The number of para-hydroxylation sites is 2. The number of carbonyl (C=O) groups excluding carboxylic acids is 2. The Morgan fingerprint density at radius 1 is 0.857 bits per heavy atom. The van der Waals surface area contributed by atoms with E-state index in [4.69, 9.17) is 0 Å². The summed E-state index contributed by atoms with van der Waals surface area (Å²) in [5.41, 5.74) is 3.00. The van der Waals surface area contributed by atoms with E-state index < -0.39 is 0 Å². The number of amides is 1. The number of carbonyl (C=O) groups is 2. The average Bonchev–Trinajstić information content (AvgIpc) is 3.10. The van der Waals surface area contributed by atoms with Crippen molar-refractivity contribution in [3.8, 4) is 0 Å². The molecule has 5 nitrogen and oxygen atoms in total. The van der Waals surface area contributed by atoms with E-state index in [1.54, 1.807) is 48.5 Å². The van der Waals surface area contributed by atoms with E-state index in [0.717, 1.165) is 11.0 Å². The van der Waals surface area contributed by atoms with Crippen molar-refractivity contribution in [1.29, 1.82) is 0 Å². The van der Waals surface area contributed by atoms with Gasteiger partial charge in [-0.2, -0.15) is 0 Å². The maximum Gasteiger partial charge on any atom is 0.258 e. The maximum atomic E-state index is 13.0. The lowest BCUT2D eigenvalue weighted by molar-refractivity contribution is 0.0995. The van der Waals surface area contributed by atoms with Crippen molar-refractivity contribution in [2.24, 2.45) is 0 Å². The smallest absolute Gasteiger partial charge is 0.258 e. The Labute approximate surface area is 162 Å². The second-order valence-electron chi connectivity index (χ2n) is 6.36. The normalized spacial score (nSPS) is 10.8. The second kappa shape index (κ2) is 7.48. The molecular weight excluding hydrogens is 350 g/mol. The molecule has 0 saturated carbocycles. The van der Waals surface area contributed by atoms with Crippen LogP contribution >= 0.6 is 0 Å². The molecule has 4 aromatic rings. The highest BCUT2D eigenvalue weighted by Gasteiger charge is 2.20. The maximum absolute atomic E-state index is 13.0. The summed E-state index contributed by atoms with van der Waals surface area (Å²) in [6.45, 7) is 2.66. The van der Waals surface area contributed by atoms with E-state index in [0.29, 0.717) is 29.2 Å². The molecule has 5 heteroatoms. The zero-order valence-electron chi connectivity index (χ0n) is 15.4. The lowest BCUT2D eigenvalue weighted by Gasteiger charge is -2.10. The van der Waals surface area contributed by atoms with Crippen molar-refractivity contribution < 1.29 is 9.59 Å². The van der Waals surface area contributed by atoms with Gasteiger partial charge >= 0.3 is 0 Å². The zero-order valence-corrected chi connectivity index (χ0v) is 15.4. The molecule has 28 heavy (non-hydrogen) atoms. The van der Waals surface area contributed by atoms with Crippen LogP contribution in [0.15, 0.2) is 78.9 Å². The summed E-state index contributed by atoms with van der Waals surface area (Å²) in [6, 6.07) is 23.5. The third kappa shape index (κ3) is 3.18. The van der Waals surface area contributed by atoms with Gasteiger partial charge in [0, 0.05) is 17.7 Å². The molecule has 0 fully saturated rings. The Kier molecular flexibility index (Phi) is 4.72. The monoisotopic (exact) mass is 369 g/mol. The van der Waals surface area contributed by atoms with Crippen LogP contribution in [0.3, 0.4) is 0 Å². The summed E-state index contributed by atoms with van der Waals surface area (Å²) in [6.07, 6.45) is 0. The van der Waals surface area contributed by atoms with E-state index in [9.17, 15) is 9.59 Å². The molecule has 0 aliphatic rings. The fourth-order valence-electron chi connectivity index (χ4n) is 3.28. The highest BCUT2D eigenvalue weighted by Crippen LogP contribution is 2.21. The summed E-state index contributed by atoms with van der Waals surface area (Å²) < 4.78 is 1.94. The third-order valence-electron chi connectivity index (χ3n) is 4.65. The number of hydrogen-bond donors (Lipinski definition) is 1. The minimum atomic E-state index is -0.357. The van der Waals surface area contributed by atoms with Gasteiger partial charge in [-0.3, -0.25) is 14.9 Å². The molecule has 0 radical (unpaired) electrons. The quantitative estimate of drug-likeness (QED) is 0.525. The number of fused-ring (bicyclic) bond motifs is 1. The van der Waals surface area contributed by atoms with Gasteiger partial charge in [0.2, 0.25) is 5.95 Å². The van der Waals surface area contributed by atoms with Crippen molar-refractivity contribution in [1.82, 2.24) is 9.55 Å². The molecule has 1 amide bonds. The predicted octanol–water partition coefficient (Wildman–Crippen LogP) is 4.54. The van der Waals surface area contributed by atoms with Gasteiger partial charge < -0.3 is 4.57 Å². The topological polar surface area (TPSA) is 64.0 Å². The Balaban J connectivity index is 1.70. The van der Waals surface area contributed by atoms with E-state index in [2.05, 4.69) is 10.3 Å². The summed E-state index contributed by atoms with van der Waals surface area (Å²) in [4.78, 5) is 30.4. The van der Waals surface area contributed by atoms with Gasteiger partial charge in [-0.1, -0.05) is 60.7 Å². The van der Waals surface area contributed by atoms with Gasteiger partial charge in [0.15, 0.2) is 5.78 Å². The van der Waals surface area contributed by atoms with Crippen molar-refractivity contribution >= 4 is 28.7 Å². The number of nitrogens with one attached hydrogen (secondary N) is 1. The number of aryl methyl sites for hydroxylation is 1. The van der Waals surface area contributed by atoms with Crippen LogP contribution in [0.1, 0.15) is 33.2 Å². The Morgan fingerprint density at radius 2 is 1.50 bits per heavy atom. The highest BCUT2D eigenvalue weighted by molar-refractivity contribution is 6.17. The van der Waals surface area contributed by atoms with Gasteiger partial charge in [0.05, 0.1) is 16.6 Å². The fraction of sp³-hybridized carbons (Fsp3) is 0.0870. The van der Waals surface area contributed by atoms with Crippen LogP contribution in [0.25, 0.3) is 11.0 Å². The van der Waals surface area contributed by atoms with Crippen LogP contribution in [0.4, 0.5) is 5.95 Å². The first-order chi connectivity index (χ1) is 13.7. The van der Waals surface area contributed by atoms with E-state index >= 15 is 0 Å². The molecule has 0 atom stereocenters. The van der Waals surface area contributed by atoms with Gasteiger partial charge in [-0.05, 0) is 25.1 Å². The number of imidazole rings is 1. The predicted molar refractivity (Wildman–Crippen MR) is 110 cm³/mol. The van der Waals surface area contributed by atoms with Gasteiger partial charge in [-0.15, -0.1) is 0 Å². The van der Waals surface area contributed by atoms with Gasteiger partial charge in [-0.25, -0.2) is 4.98 Å². The number of aromatic nitrogens is 2. The molecule has 138 valence electrons. The zero-order chi connectivity index (χ0) is 19.5. The Morgan fingerprint density at radius 3 is 2.25 bits per heavy atom. The third-order valence-corrected chi connectivity index (χ3v) is 4.65. The Hall–Kier alpha value is -3.73. The van der Waals surface area contributed by atoms with Gasteiger partial charge in [0.1, 0.15) is 0 Å². The minimum Gasteiger partial charge on any atom is -0.310 e. The molecule has 1 aromatic heterocycles. The minimum absolute atomic E-state index is 0.185. The molecule has 0 aliphatic heterocycles. The number of benzene rings is 3. The molecule has 0 aliphatic carbocycles. The molecule has 3 aromatic carbocycles. The number of hydrogen-bond acceptors (Lipinski definition) is 3. The van der Waals surface area contributed by atoms with Crippen molar-refractivity contribution in [2.75, 3.05) is 5.32 Å². The number of ketones is 1. The second-order valence-corrected chi connectivity index (χ2v) is 6.36. The molecule has 0 saturated heterocycles. The molecular formula is C23H19N3O2. The average molecular weight is 369 g/mol. The fourth-order valence-corrected chi connectivity index (χ4v) is 3.28. The summed E-state index contributed by atoms with van der Waals surface area (Å²) >= 11 is 0. The number of anilines is 1. The van der Waals surface area contributed by atoms with Crippen LogP contribution in [0, 0.1) is 0 Å². The van der Waals surface area contributed by atoms with Crippen LogP contribution in [0.5, 0.6) is 0 Å². The van der Waals surface area contributed by atoms with Crippen LogP contribution in [0.2, 0.25) is 0 Å². The summed E-state index contributed by atoms with van der Waals surface area (Å²) in [5, 5.41) is 2.87. The molecule has 1 heterocycles. The van der Waals surface area contributed by atoms with E-state index in [1.807, 2.05) is 41.8 Å². The van der Waals surface area contributed by atoms with Gasteiger partial charge in [0.25, 0.3) is 5.91 Å². The molecule has 0 unspecified atom stereocenters. The first kappa shape index (κ1) is 17.7. The summed E-state index contributed by atoms with van der Waals surface area (Å²) in [5.74, 6) is -0.0732. The SMILES string of the molecule is CCn1c(NC(=O)c2ccccc2C(=O)c2ccccc2)nc2ccccc21. The molecule has 4 rings (SSSR count). The van der Waals surface area contributed by atoms with Crippen LogP contribution in [-0.2, 0) is 6.54 Å². The van der Waals surface area contributed by atoms with Crippen molar-refractivity contribution in [3.05, 3.63) is 95.6 Å².